The first kappa shape index (κ1) is 13.8. The van der Waals surface area contributed by atoms with E-state index < -0.39 is 0 Å². The second-order valence-corrected chi connectivity index (χ2v) is 6.16. The molecule has 1 N–H and O–H groups in total. The molecule has 0 radical (unpaired) electrons. The summed E-state index contributed by atoms with van der Waals surface area (Å²) in [6.45, 7) is 4.13. The normalized spacial score (nSPS) is 11.2. The van der Waals surface area contributed by atoms with Crippen molar-refractivity contribution in [1.82, 2.24) is 10.3 Å². The third kappa shape index (κ3) is 2.97. The molecule has 0 saturated carbocycles. The summed E-state index contributed by atoms with van der Waals surface area (Å²) in [5.41, 5.74) is 0.976. The van der Waals surface area contributed by atoms with E-state index in [1.54, 1.807) is 11.3 Å². The molecule has 0 aliphatic rings. The molecular formula is C16H16N2O2S. The number of benzene rings is 1. The molecule has 0 atom stereocenters. The van der Waals surface area contributed by atoms with E-state index >= 15 is 0 Å². The van der Waals surface area contributed by atoms with Crippen molar-refractivity contribution in [3.8, 4) is 10.8 Å². The highest BCUT2D eigenvalue weighted by atomic mass is 32.1. The van der Waals surface area contributed by atoms with Crippen LogP contribution >= 0.6 is 11.3 Å². The largest absolute Gasteiger partial charge is 0.457 e. The fraction of sp³-hybridized carbons (Fsp3) is 0.250. The number of nitrogens with one attached hydrogen (secondary N) is 1. The lowest BCUT2D eigenvalue weighted by Crippen LogP contribution is -2.26. The second-order valence-electron chi connectivity index (χ2n) is 5.13. The van der Waals surface area contributed by atoms with Gasteiger partial charge in [-0.1, -0.05) is 26.0 Å². The van der Waals surface area contributed by atoms with Gasteiger partial charge in [-0.25, -0.2) is 4.98 Å². The number of nitrogens with zero attached hydrogens (tertiary/aromatic N) is 1. The number of amides is 1. The van der Waals surface area contributed by atoms with Gasteiger partial charge in [0.05, 0.1) is 16.8 Å². The standard InChI is InChI=1S/C16H16N2O2S/c1-10(2)15(19)17-9-11-7-8-13(20-11)16-18-12-5-3-4-6-14(12)21-16/h3-8,10H,9H2,1-2H3,(H,17,19). The van der Waals surface area contributed by atoms with Crippen LogP contribution in [0.1, 0.15) is 19.6 Å². The number of carbonyl (C=O) groups excluding carboxylic acids is 1. The van der Waals surface area contributed by atoms with Gasteiger partial charge < -0.3 is 9.73 Å². The predicted molar refractivity (Wildman–Crippen MR) is 84.0 cm³/mol. The zero-order chi connectivity index (χ0) is 14.8. The van der Waals surface area contributed by atoms with Crippen LogP contribution in [0.5, 0.6) is 0 Å². The van der Waals surface area contributed by atoms with Crippen LogP contribution in [-0.4, -0.2) is 10.9 Å². The molecule has 3 rings (SSSR count). The molecule has 0 aliphatic heterocycles. The lowest BCUT2D eigenvalue weighted by molar-refractivity contribution is -0.124. The fourth-order valence-corrected chi connectivity index (χ4v) is 2.87. The summed E-state index contributed by atoms with van der Waals surface area (Å²) in [4.78, 5) is 16.1. The number of hydrogen-bond acceptors (Lipinski definition) is 4. The van der Waals surface area contributed by atoms with Crippen molar-refractivity contribution in [3.05, 3.63) is 42.2 Å². The van der Waals surface area contributed by atoms with E-state index in [1.165, 1.54) is 0 Å². The Balaban J connectivity index is 1.76. The third-order valence-corrected chi connectivity index (χ3v) is 4.18. The van der Waals surface area contributed by atoms with Gasteiger partial charge in [0.2, 0.25) is 5.91 Å². The van der Waals surface area contributed by atoms with Gasteiger partial charge >= 0.3 is 0 Å². The Morgan fingerprint density at radius 3 is 2.86 bits per heavy atom. The van der Waals surface area contributed by atoms with Crippen molar-refractivity contribution in [2.45, 2.75) is 20.4 Å². The van der Waals surface area contributed by atoms with E-state index in [-0.39, 0.29) is 11.8 Å². The van der Waals surface area contributed by atoms with Crippen LogP contribution in [0.4, 0.5) is 0 Å². The molecule has 0 fully saturated rings. The maximum absolute atomic E-state index is 11.5. The first-order valence-corrected chi connectivity index (χ1v) is 7.67. The Hall–Kier alpha value is -2.14. The maximum Gasteiger partial charge on any atom is 0.222 e. The van der Waals surface area contributed by atoms with Gasteiger partial charge in [0.25, 0.3) is 0 Å². The summed E-state index contributed by atoms with van der Waals surface area (Å²) in [5, 5.41) is 3.70. The highest BCUT2D eigenvalue weighted by Crippen LogP contribution is 2.31. The summed E-state index contributed by atoms with van der Waals surface area (Å²) in [7, 11) is 0. The van der Waals surface area contributed by atoms with Crippen molar-refractivity contribution >= 4 is 27.5 Å². The summed E-state index contributed by atoms with van der Waals surface area (Å²) in [5.74, 6) is 1.47. The van der Waals surface area contributed by atoms with Crippen molar-refractivity contribution in [2.24, 2.45) is 5.92 Å². The summed E-state index contributed by atoms with van der Waals surface area (Å²) in [6.07, 6.45) is 0. The molecule has 2 heterocycles. The molecule has 0 unspecified atom stereocenters. The zero-order valence-corrected chi connectivity index (χ0v) is 12.7. The smallest absolute Gasteiger partial charge is 0.222 e. The van der Waals surface area contributed by atoms with Gasteiger partial charge in [-0.3, -0.25) is 4.79 Å². The molecule has 5 heteroatoms. The molecule has 108 valence electrons. The number of rotatable bonds is 4. The van der Waals surface area contributed by atoms with Gasteiger partial charge in [-0.05, 0) is 24.3 Å². The van der Waals surface area contributed by atoms with Crippen molar-refractivity contribution < 1.29 is 9.21 Å². The average molecular weight is 300 g/mol. The van der Waals surface area contributed by atoms with Crippen LogP contribution < -0.4 is 5.32 Å². The molecule has 21 heavy (non-hydrogen) atoms. The molecule has 1 aromatic carbocycles. The van der Waals surface area contributed by atoms with Crippen LogP contribution in [0.15, 0.2) is 40.8 Å². The quantitative estimate of drug-likeness (QED) is 0.796. The Morgan fingerprint density at radius 2 is 2.10 bits per heavy atom. The molecule has 0 bridgehead atoms. The number of fused-ring (bicyclic) bond motifs is 1. The molecule has 2 aromatic heterocycles. The van der Waals surface area contributed by atoms with Gasteiger partial charge in [-0.2, -0.15) is 0 Å². The van der Waals surface area contributed by atoms with Crippen LogP contribution in [-0.2, 0) is 11.3 Å². The number of aromatic nitrogens is 1. The molecule has 0 saturated heterocycles. The lowest BCUT2D eigenvalue weighted by Gasteiger charge is -2.05. The molecular weight excluding hydrogens is 284 g/mol. The van der Waals surface area contributed by atoms with Crippen molar-refractivity contribution in [1.29, 1.82) is 0 Å². The lowest BCUT2D eigenvalue weighted by atomic mass is 10.2. The number of para-hydroxylation sites is 1. The van der Waals surface area contributed by atoms with E-state index in [1.807, 2.05) is 50.2 Å². The topological polar surface area (TPSA) is 55.1 Å². The zero-order valence-electron chi connectivity index (χ0n) is 11.9. The Labute approximate surface area is 126 Å². The molecule has 3 aromatic rings. The molecule has 1 amide bonds. The van der Waals surface area contributed by atoms with E-state index in [0.717, 1.165) is 26.7 Å². The number of hydrogen-bond donors (Lipinski definition) is 1. The van der Waals surface area contributed by atoms with E-state index in [2.05, 4.69) is 10.3 Å². The van der Waals surface area contributed by atoms with Crippen LogP contribution in [0.2, 0.25) is 0 Å². The van der Waals surface area contributed by atoms with Gasteiger partial charge in [0, 0.05) is 5.92 Å². The highest BCUT2D eigenvalue weighted by Gasteiger charge is 2.11. The van der Waals surface area contributed by atoms with Crippen molar-refractivity contribution in [3.63, 3.8) is 0 Å². The van der Waals surface area contributed by atoms with Crippen molar-refractivity contribution in [2.75, 3.05) is 0 Å². The summed E-state index contributed by atoms with van der Waals surface area (Å²) in [6, 6.07) is 11.8. The number of furan rings is 1. The summed E-state index contributed by atoms with van der Waals surface area (Å²) < 4.78 is 6.90. The Bertz CT molecular complexity index is 740. The minimum absolute atomic E-state index is 0.0212. The van der Waals surface area contributed by atoms with Crippen LogP contribution in [0.3, 0.4) is 0 Å². The van der Waals surface area contributed by atoms with Gasteiger partial charge in [0.15, 0.2) is 10.8 Å². The van der Waals surface area contributed by atoms with E-state index in [4.69, 9.17) is 4.42 Å². The molecule has 0 aliphatic carbocycles. The van der Waals surface area contributed by atoms with Crippen LogP contribution in [0, 0.1) is 5.92 Å². The number of thiazole rings is 1. The SMILES string of the molecule is CC(C)C(=O)NCc1ccc(-c2nc3ccccc3s2)o1. The first-order valence-electron chi connectivity index (χ1n) is 6.86. The minimum Gasteiger partial charge on any atom is -0.457 e. The summed E-state index contributed by atoms with van der Waals surface area (Å²) >= 11 is 1.60. The first-order chi connectivity index (χ1) is 10.1. The number of carbonyl (C=O) groups is 1. The van der Waals surface area contributed by atoms with Gasteiger partial charge in [0.1, 0.15) is 5.76 Å². The minimum atomic E-state index is -0.0244. The maximum atomic E-state index is 11.5. The predicted octanol–water partition coefficient (Wildman–Crippen LogP) is 3.83. The van der Waals surface area contributed by atoms with Crippen LogP contribution in [0.25, 0.3) is 21.0 Å². The van der Waals surface area contributed by atoms with Gasteiger partial charge in [-0.15, -0.1) is 11.3 Å². The molecule has 0 spiro atoms. The Morgan fingerprint density at radius 1 is 1.29 bits per heavy atom. The Kier molecular flexibility index (Phi) is 3.75. The monoisotopic (exact) mass is 300 g/mol. The highest BCUT2D eigenvalue weighted by molar-refractivity contribution is 7.21. The van der Waals surface area contributed by atoms with E-state index in [9.17, 15) is 4.79 Å². The van der Waals surface area contributed by atoms with E-state index in [0.29, 0.717) is 6.54 Å². The molecule has 4 nitrogen and oxygen atoms in total. The third-order valence-electron chi connectivity index (χ3n) is 3.13. The second kappa shape index (κ2) is 5.69. The fourth-order valence-electron chi connectivity index (χ4n) is 1.94. The average Bonchev–Trinajstić information content (AvgIpc) is 3.10.